The van der Waals surface area contributed by atoms with E-state index in [4.69, 9.17) is 9.47 Å². The topological polar surface area (TPSA) is 77.8 Å². The van der Waals surface area contributed by atoms with Crippen LogP contribution in [0.25, 0.3) is 16.2 Å². The second kappa shape index (κ2) is 7.08. The van der Waals surface area contributed by atoms with Crippen LogP contribution in [0.5, 0.6) is 11.5 Å². The minimum atomic E-state index is -0.283. The van der Waals surface area contributed by atoms with E-state index >= 15 is 0 Å². The van der Waals surface area contributed by atoms with E-state index in [9.17, 15) is 4.79 Å². The van der Waals surface area contributed by atoms with Crippen molar-refractivity contribution in [3.8, 4) is 22.8 Å². The van der Waals surface area contributed by atoms with E-state index in [0.717, 1.165) is 17.0 Å². The number of carbonyl (C=O) groups is 1. The molecule has 2 aromatic heterocycles. The molecule has 0 unspecified atom stereocenters. The second-order valence-electron chi connectivity index (χ2n) is 5.63. The monoisotopic (exact) mass is 380 g/mol. The van der Waals surface area contributed by atoms with Gasteiger partial charge in [0.15, 0.2) is 0 Å². The minimum Gasteiger partial charge on any atom is -0.497 e. The lowest BCUT2D eigenvalue weighted by Gasteiger charge is -2.06. The molecule has 136 valence electrons. The van der Waals surface area contributed by atoms with Gasteiger partial charge in [-0.1, -0.05) is 12.1 Å². The first-order chi connectivity index (χ1) is 13.2. The number of ether oxygens (including phenoxy) is 2. The molecule has 4 aromatic rings. The van der Waals surface area contributed by atoms with Crippen molar-refractivity contribution >= 4 is 28.2 Å². The van der Waals surface area contributed by atoms with Crippen LogP contribution < -0.4 is 14.8 Å². The number of carbonyl (C=O) groups excluding carboxylic acids is 1. The van der Waals surface area contributed by atoms with Gasteiger partial charge in [0.05, 0.1) is 19.9 Å². The lowest BCUT2D eigenvalue weighted by Crippen LogP contribution is -2.13. The normalized spacial score (nSPS) is 10.7. The first kappa shape index (κ1) is 17.0. The number of para-hydroxylation sites is 1. The summed E-state index contributed by atoms with van der Waals surface area (Å²) in [7, 11) is 3.21. The number of nitrogens with one attached hydrogen (secondary N) is 1. The molecule has 0 radical (unpaired) electrons. The summed E-state index contributed by atoms with van der Waals surface area (Å²) in [6.07, 6.45) is 0. The maximum atomic E-state index is 12.4. The van der Waals surface area contributed by atoms with Crippen LogP contribution in [0, 0.1) is 0 Å². The highest BCUT2D eigenvalue weighted by Gasteiger charge is 2.16. The molecular formula is C19H16N4O3S. The highest BCUT2D eigenvalue weighted by Crippen LogP contribution is 2.32. The highest BCUT2D eigenvalue weighted by molar-refractivity contribution is 7.15. The number of aromatic nitrogens is 3. The van der Waals surface area contributed by atoms with Crippen molar-refractivity contribution in [2.45, 2.75) is 0 Å². The average molecular weight is 380 g/mol. The van der Waals surface area contributed by atoms with E-state index in [2.05, 4.69) is 15.4 Å². The van der Waals surface area contributed by atoms with E-state index in [0.29, 0.717) is 16.3 Å². The first-order valence-corrected chi connectivity index (χ1v) is 9.00. The molecule has 0 bridgehead atoms. The summed E-state index contributed by atoms with van der Waals surface area (Å²) in [6.45, 7) is 0. The van der Waals surface area contributed by atoms with Gasteiger partial charge < -0.3 is 9.47 Å². The van der Waals surface area contributed by atoms with Crippen LogP contribution in [0.1, 0.15) is 10.4 Å². The average Bonchev–Trinajstić information content (AvgIpc) is 3.28. The molecule has 0 spiro atoms. The predicted molar refractivity (Wildman–Crippen MR) is 104 cm³/mol. The van der Waals surface area contributed by atoms with Crippen molar-refractivity contribution in [1.29, 1.82) is 0 Å². The maximum absolute atomic E-state index is 12.4. The van der Waals surface area contributed by atoms with Crippen molar-refractivity contribution in [3.05, 3.63) is 59.5 Å². The van der Waals surface area contributed by atoms with E-state index in [1.165, 1.54) is 11.3 Å². The van der Waals surface area contributed by atoms with Crippen LogP contribution in [0.15, 0.2) is 53.9 Å². The summed E-state index contributed by atoms with van der Waals surface area (Å²) in [6, 6.07) is 14.5. The summed E-state index contributed by atoms with van der Waals surface area (Å²) >= 11 is 1.44. The Morgan fingerprint density at radius 2 is 1.85 bits per heavy atom. The number of thiazole rings is 1. The van der Waals surface area contributed by atoms with Crippen LogP contribution in [0.2, 0.25) is 0 Å². The minimum absolute atomic E-state index is 0.249. The third-order valence-corrected chi connectivity index (χ3v) is 4.86. The molecule has 4 rings (SSSR count). The molecule has 0 aliphatic rings. The number of rotatable bonds is 5. The molecule has 2 heterocycles. The number of methoxy groups -OCH3 is 2. The molecule has 0 atom stereocenters. The molecule has 0 aliphatic carbocycles. The fourth-order valence-corrected chi connectivity index (χ4v) is 3.51. The van der Waals surface area contributed by atoms with Crippen LogP contribution in [-0.2, 0) is 0 Å². The van der Waals surface area contributed by atoms with Gasteiger partial charge in [-0.15, -0.1) is 16.4 Å². The SMILES string of the molecule is COc1ccc(C(=O)Nc2nc3scc(-c4ccccc4OC)n3n2)cc1. The van der Waals surface area contributed by atoms with E-state index in [-0.39, 0.29) is 11.9 Å². The second-order valence-corrected chi connectivity index (χ2v) is 6.47. The van der Waals surface area contributed by atoms with Crippen LogP contribution in [-0.4, -0.2) is 34.7 Å². The van der Waals surface area contributed by atoms with Crippen molar-refractivity contribution in [1.82, 2.24) is 14.6 Å². The molecule has 0 fully saturated rings. The summed E-state index contributed by atoms with van der Waals surface area (Å²) in [5.41, 5.74) is 2.26. The molecule has 27 heavy (non-hydrogen) atoms. The van der Waals surface area contributed by atoms with Crippen molar-refractivity contribution < 1.29 is 14.3 Å². The molecule has 0 saturated heterocycles. The lowest BCUT2D eigenvalue weighted by atomic mass is 10.1. The Hall–Kier alpha value is -3.39. The number of amides is 1. The molecule has 2 aromatic carbocycles. The van der Waals surface area contributed by atoms with Gasteiger partial charge in [-0.25, -0.2) is 4.52 Å². The fraction of sp³-hybridized carbons (Fsp3) is 0.105. The van der Waals surface area contributed by atoms with Gasteiger partial charge in [0.2, 0.25) is 4.96 Å². The van der Waals surface area contributed by atoms with Gasteiger partial charge in [-0.3, -0.25) is 10.1 Å². The van der Waals surface area contributed by atoms with Crippen LogP contribution in [0.4, 0.5) is 5.95 Å². The third kappa shape index (κ3) is 3.22. The molecule has 1 amide bonds. The molecule has 7 nitrogen and oxygen atoms in total. The Bertz CT molecular complexity index is 1100. The standard InChI is InChI=1S/C19H16N4O3S/c1-25-13-9-7-12(8-10-13)17(24)20-18-21-19-23(22-18)15(11-27-19)14-5-3-4-6-16(14)26-2/h3-11H,1-2H3,(H,20,22,24). The molecule has 0 saturated carbocycles. The summed E-state index contributed by atoms with van der Waals surface area (Å²) < 4.78 is 12.2. The van der Waals surface area contributed by atoms with Crippen LogP contribution in [0.3, 0.4) is 0 Å². The van der Waals surface area contributed by atoms with E-state index < -0.39 is 0 Å². The number of fused-ring (bicyclic) bond motifs is 1. The van der Waals surface area contributed by atoms with Gasteiger partial charge in [-0.05, 0) is 36.4 Å². The molecule has 1 N–H and O–H groups in total. The number of hydrogen-bond donors (Lipinski definition) is 1. The van der Waals surface area contributed by atoms with Crippen molar-refractivity contribution in [2.75, 3.05) is 19.5 Å². The summed E-state index contributed by atoms with van der Waals surface area (Å²) in [5, 5.41) is 9.12. The number of nitrogens with zero attached hydrogens (tertiary/aromatic N) is 3. The molecule has 8 heteroatoms. The Labute approximate surface area is 159 Å². The van der Waals surface area contributed by atoms with Gasteiger partial charge in [-0.2, -0.15) is 4.98 Å². The third-order valence-electron chi connectivity index (χ3n) is 4.04. The number of anilines is 1. The Morgan fingerprint density at radius 1 is 1.07 bits per heavy atom. The predicted octanol–water partition coefficient (Wildman–Crippen LogP) is 3.73. The van der Waals surface area contributed by atoms with Gasteiger partial charge in [0.25, 0.3) is 11.9 Å². The first-order valence-electron chi connectivity index (χ1n) is 8.12. The zero-order valence-corrected chi connectivity index (χ0v) is 15.5. The number of benzene rings is 2. The Balaban J connectivity index is 1.62. The lowest BCUT2D eigenvalue weighted by molar-refractivity contribution is 0.102. The zero-order chi connectivity index (χ0) is 18.8. The van der Waals surface area contributed by atoms with Gasteiger partial charge in [0, 0.05) is 16.5 Å². The fourth-order valence-electron chi connectivity index (χ4n) is 2.69. The van der Waals surface area contributed by atoms with Gasteiger partial charge in [0.1, 0.15) is 11.5 Å². The summed E-state index contributed by atoms with van der Waals surface area (Å²) in [5.74, 6) is 1.40. The Kier molecular flexibility index (Phi) is 4.47. The molecular weight excluding hydrogens is 364 g/mol. The van der Waals surface area contributed by atoms with Crippen molar-refractivity contribution in [2.24, 2.45) is 0 Å². The highest BCUT2D eigenvalue weighted by atomic mass is 32.1. The largest absolute Gasteiger partial charge is 0.497 e. The van der Waals surface area contributed by atoms with Gasteiger partial charge >= 0.3 is 0 Å². The summed E-state index contributed by atoms with van der Waals surface area (Å²) in [4.78, 5) is 17.5. The maximum Gasteiger partial charge on any atom is 0.258 e. The van der Waals surface area contributed by atoms with Crippen molar-refractivity contribution in [3.63, 3.8) is 0 Å². The number of hydrogen-bond acceptors (Lipinski definition) is 6. The van der Waals surface area contributed by atoms with E-state index in [1.54, 1.807) is 43.0 Å². The van der Waals surface area contributed by atoms with Crippen LogP contribution >= 0.6 is 11.3 Å². The Morgan fingerprint density at radius 3 is 2.59 bits per heavy atom. The van der Waals surface area contributed by atoms with E-state index in [1.807, 2.05) is 29.6 Å². The molecule has 0 aliphatic heterocycles. The quantitative estimate of drug-likeness (QED) is 0.571. The smallest absolute Gasteiger partial charge is 0.258 e. The zero-order valence-electron chi connectivity index (χ0n) is 14.7.